The number of nitrogens with one attached hydrogen (secondary N) is 1. The second-order valence-corrected chi connectivity index (χ2v) is 8.24. The molecule has 3 fully saturated rings. The number of benzene rings is 1. The van der Waals surface area contributed by atoms with Gasteiger partial charge in [-0.15, -0.1) is 0 Å². The zero-order chi connectivity index (χ0) is 20.6. The van der Waals surface area contributed by atoms with E-state index in [0.717, 1.165) is 50.3 Å². The van der Waals surface area contributed by atoms with Crippen LogP contribution in [0, 0.1) is 0 Å². The lowest BCUT2D eigenvalue weighted by molar-refractivity contribution is 0.0747. The molecule has 0 saturated carbocycles. The Hall–Kier alpha value is -2.97. The lowest BCUT2D eigenvalue weighted by Crippen LogP contribution is -2.51. The summed E-state index contributed by atoms with van der Waals surface area (Å²) in [6.45, 7) is 3.21. The SMILES string of the molecule is Nc1cc(N[C@H](CO)c2ccccc2)c(-c2nc(C34CCN(CC3)CC4)no2)cn1. The predicted octanol–water partition coefficient (Wildman–Crippen LogP) is 2.60. The molecule has 8 heteroatoms. The van der Waals surface area contributed by atoms with Crippen LogP contribution in [0.2, 0.25) is 0 Å². The quantitative estimate of drug-likeness (QED) is 0.572. The Morgan fingerprint density at radius 3 is 2.60 bits per heavy atom. The first-order valence-corrected chi connectivity index (χ1v) is 10.4. The maximum atomic E-state index is 9.95. The lowest BCUT2D eigenvalue weighted by Gasteiger charge is -2.46. The molecule has 0 unspecified atom stereocenters. The molecule has 0 radical (unpaired) electrons. The van der Waals surface area contributed by atoms with Crippen molar-refractivity contribution in [1.82, 2.24) is 20.0 Å². The number of hydrogen-bond donors (Lipinski definition) is 3. The van der Waals surface area contributed by atoms with Crippen LogP contribution < -0.4 is 11.1 Å². The van der Waals surface area contributed by atoms with E-state index in [2.05, 4.69) is 20.4 Å². The normalized spacial score (nSPS) is 24.0. The first kappa shape index (κ1) is 19.0. The van der Waals surface area contributed by atoms with Crippen molar-refractivity contribution in [2.45, 2.75) is 30.7 Å². The Balaban J connectivity index is 1.46. The maximum absolute atomic E-state index is 9.95. The molecule has 30 heavy (non-hydrogen) atoms. The largest absolute Gasteiger partial charge is 0.394 e. The third-order valence-electron chi connectivity index (χ3n) is 6.49. The van der Waals surface area contributed by atoms with E-state index in [1.807, 2.05) is 30.3 Å². The van der Waals surface area contributed by atoms with E-state index in [1.165, 1.54) is 0 Å². The summed E-state index contributed by atoms with van der Waals surface area (Å²) in [5.74, 6) is 1.59. The third-order valence-corrected chi connectivity index (χ3v) is 6.49. The van der Waals surface area contributed by atoms with Gasteiger partial charge < -0.3 is 25.6 Å². The van der Waals surface area contributed by atoms with Crippen molar-refractivity contribution in [3.05, 3.63) is 54.0 Å². The molecule has 3 aromatic rings. The molecule has 0 spiro atoms. The fourth-order valence-corrected chi connectivity index (χ4v) is 4.58. The number of pyridine rings is 1. The monoisotopic (exact) mass is 406 g/mol. The van der Waals surface area contributed by atoms with Gasteiger partial charge in [-0.3, -0.25) is 0 Å². The summed E-state index contributed by atoms with van der Waals surface area (Å²) in [6.07, 6.45) is 4.85. The second kappa shape index (κ2) is 7.70. The van der Waals surface area contributed by atoms with Crippen LogP contribution in [0.4, 0.5) is 11.5 Å². The molecule has 8 nitrogen and oxygen atoms in total. The number of rotatable bonds is 6. The topological polar surface area (TPSA) is 113 Å². The fourth-order valence-electron chi connectivity index (χ4n) is 4.58. The average Bonchev–Trinajstić information content (AvgIpc) is 3.30. The van der Waals surface area contributed by atoms with E-state index in [0.29, 0.717) is 23.0 Å². The van der Waals surface area contributed by atoms with Gasteiger partial charge >= 0.3 is 0 Å². The molecule has 0 amide bonds. The third kappa shape index (κ3) is 3.42. The van der Waals surface area contributed by atoms with E-state index in [-0.39, 0.29) is 18.1 Å². The number of fused-ring (bicyclic) bond motifs is 3. The highest BCUT2D eigenvalue weighted by Crippen LogP contribution is 2.42. The zero-order valence-electron chi connectivity index (χ0n) is 16.8. The molecule has 2 bridgehead atoms. The summed E-state index contributed by atoms with van der Waals surface area (Å²) in [5.41, 5.74) is 8.32. The molecular weight excluding hydrogens is 380 g/mol. The Labute approximate surface area is 175 Å². The lowest BCUT2D eigenvalue weighted by atomic mass is 9.71. The van der Waals surface area contributed by atoms with Crippen molar-refractivity contribution in [3.63, 3.8) is 0 Å². The summed E-state index contributed by atoms with van der Waals surface area (Å²) < 4.78 is 5.69. The van der Waals surface area contributed by atoms with Crippen molar-refractivity contribution >= 4 is 11.5 Å². The number of nitrogens with zero attached hydrogens (tertiary/aromatic N) is 4. The van der Waals surface area contributed by atoms with Crippen LogP contribution in [-0.2, 0) is 5.41 Å². The summed E-state index contributed by atoms with van der Waals surface area (Å²) in [4.78, 5) is 11.5. The number of aliphatic hydroxyl groups excluding tert-OH is 1. The second-order valence-electron chi connectivity index (χ2n) is 8.24. The standard InChI is InChI=1S/C22H26N6O2/c23-19-12-17(25-18(14-29)15-4-2-1-3-5-15)16(13-24-19)20-26-21(27-30-20)22-6-9-28(10-7-22)11-8-22/h1-5,12-13,18,29H,6-11,14H2,(H3,23,24,25)/t18-/m1/s1. The summed E-state index contributed by atoms with van der Waals surface area (Å²) in [5, 5.41) is 17.7. The fraction of sp³-hybridized carbons (Fsp3) is 0.409. The molecule has 1 aromatic carbocycles. The molecule has 4 N–H and O–H groups in total. The molecule has 3 aliphatic rings. The van der Waals surface area contributed by atoms with Crippen LogP contribution in [0.5, 0.6) is 0 Å². The molecule has 3 aliphatic heterocycles. The van der Waals surface area contributed by atoms with Gasteiger partial charge in [-0.2, -0.15) is 4.98 Å². The van der Waals surface area contributed by atoms with E-state index in [1.54, 1.807) is 12.3 Å². The average molecular weight is 406 g/mol. The van der Waals surface area contributed by atoms with Crippen LogP contribution in [0.3, 0.4) is 0 Å². The van der Waals surface area contributed by atoms with Gasteiger partial charge in [0.25, 0.3) is 5.89 Å². The van der Waals surface area contributed by atoms with Gasteiger partial charge in [0.1, 0.15) is 5.82 Å². The molecule has 3 saturated heterocycles. The number of anilines is 2. The summed E-state index contributed by atoms with van der Waals surface area (Å²) >= 11 is 0. The van der Waals surface area contributed by atoms with Gasteiger partial charge in [-0.25, -0.2) is 4.98 Å². The van der Waals surface area contributed by atoms with Gasteiger partial charge in [0.15, 0.2) is 5.82 Å². The van der Waals surface area contributed by atoms with Crippen molar-refractivity contribution in [1.29, 1.82) is 0 Å². The Morgan fingerprint density at radius 1 is 1.17 bits per heavy atom. The highest BCUT2D eigenvalue weighted by Gasteiger charge is 2.44. The van der Waals surface area contributed by atoms with Crippen LogP contribution in [0.25, 0.3) is 11.5 Å². The molecule has 6 rings (SSSR count). The number of nitrogens with two attached hydrogens (primary N) is 1. The number of aliphatic hydroxyl groups is 1. The highest BCUT2D eigenvalue weighted by atomic mass is 16.5. The zero-order valence-corrected chi connectivity index (χ0v) is 16.8. The van der Waals surface area contributed by atoms with Crippen LogP contribution >= 0.6 is 0 Å². The minimum Gasteiger partial charge on any atom is -0.394 e. The van der Waals surface area contributed by atoms with Gasteiger partial charge in [0.05, 0.1) is 23.9 Å². The first-order valence-electron chi connectivity index (χ1n) is 10.4. The Morgan fingerprint density at radius 2 is 1.90 bits per heavy atom. The van der Waals surface area contributed by atoms with Crippen LogP contribution in [0.15, 0.2) is 47.1 Å². The van der Waals surface area contributed by atoms with Gasteiger partial charge in [0.2, 0.25) is 0 Å². The van der Waals surface area contributed by atoms with Crippen LogP contribution in [0.1, 0.15) is 36.7 Å². The smallest absolute Gasteiger partial charge is 0.261 e. The predicted molar refractivity (Wildman–Crippen MR) is 114 cm³/mol. The van der Waals surface area contributed by atoms with Crippen LogP contribution in [-0.4, -0.2) is 51.4 Å². The molecule has 2 aromatic heterocycles. The first-order chi connectivity index (χ1) is 14.7. The minimum atomic E-state index is -0.296. The number of nitrogen functional groups attached to an aromatic ring is 1. The van der Waals surface area contributed by atoms with Gasteiger partial charge in [-0.1, -0.05) is 35.5 Å². The molecule has 1 atom stereocenters. The minimum absolute atomic E-state index is 0.0169. The van der Waals surface area contributed by atoms with Gasteiger partial charge in [-0.05, 0) is 44.5 Å². The van der Waals surface area contributed by atoms with Crippen molar-refractivity contribution in [2.75, 3.05) is 37.3 Å². The van der Waals surface area contributed by atoms with E-state index in [4.69, 9.17) is 15.2 Å². The summed E-state index contributed by atoms with van der Waals surface area (Å²) in [6, 6.07) is 11.2. The maximum Gasteiger partial charge on any atom is 0.261 e. The molecule has 0 aliphatic carbocycles. The van der Waals surface area contributed by atoms with Crippen molar-refractivity contribution < 1.29 is 9.63 Å². The molecule has 5 heterocycles. The number of hydrogen-bond acceptors (Lipinski definition) is 8. The van der Waals surface area contributed by atoms with Gasteiger partial charge in [0, 0.05) is 17.7 Å². The molecular formula is C22H26N6O2. The summed E-state index contributed by atoms with van der Waals surface area (Å²) in [7, 11) is 0. The van der Waals surface area contributed by atoms with Crippen molar-refractivity contribution in [2.24, 2.45) is 0 Å². The van der Waals surface area contributed by atoms with E-state index in [9.17, 15) is 5.11 Å². The highest BCUT2D eigenvalue weighted by molar-refractivity contribution is 5.74. The number of piperidine rings is 3. The van der Waals surface area contributed by atoms with E-state index < -0.39 is 0 Å². The Bertz CT molecular complexity index is 1000. The molecule has 156 valence electrons. The van der Waals surface area contributed by atoms with Crippen molar-refractivity contribution in [3.8, 4) is 11.5 Å². The van der Waals surface area contributed by atoms with E-state index >= 15 is 0 Å². The Kier molecular flexibility index (Phi) is 4.88. The number of aromatic nitrogens is 3.